The molecule has 0 N–H and O–H groups in total. The van der Waals surface area contributed by atoms with E-state index in [-0.39, 0.29) is 0 Å². The van der Waals surface area contributed by atoms with Gasteiger partial charge in [-0.1, -0.05) is 109 Å². The molecule has 0 aliphatic heterocycles. The van der Waals surface area contributed by atoms with Crippen molar-refractivity contribution < 1.29 is 4.42 Å². The summed E-state index contributed by atoms with van der Waals surface area (Å²) in [4.78, 5) is 4.58. The van der Waals surface area contributed by atoms with Crippen molar-refractivity contribution in [3.05, 3.63) is 200 Å². The lowest BCUT2D eigenvalue weighted by Crippen LogP contribution is -2.10. The molecule has 0 saturated carbocycles. The average molecular weight is 668 g/mol. The molecule has 0 unspecified atom stereocenters. The van der Waals surface area contributed by atoms with Crippen molar-refractivity contribution in [2.24, 2.45) is 0 Å². The summed E-state index contributed by atoms with van der Waals surface area (Å²) in [5, 5.41) is 4.57. The van der Waals surface area contributed by atoms with E-state index in [1.165, 1.54) is 10.8 Å². The zero-order valence-electron chi connectivity index (χ0n) is 28.3. The highest BCUT2D eigenvalue weighted by Gasteiger charge is 2.23. The molecule has 0 fully saturated rings. The average Bonchev–Trinajstić information content (AvgIpc) is 3.75. The van der Waals surface area contributed by atoms with E-state index in [0.717, 1.165) is 72.8 Å². The second-order valence-electron chi connectivity index (χ2n) is 13.0. The Morgan fingerprint density at radius 3 is 1.25 bits per heavy atom. The molecule has 0 aliphatic rings. The van der Waals surface area contributed by atoms with E-state index < -0.39 is 0 Å². The van der Waals surface area contributed by atoms with Crippen LogP contribution in [0.15, 0.2) is 205 Å². The van der Waals surface area contributed by atoms with Crippen LogP contribution in [0.3, 0.4) is 0 Å². The smallest absolute Gasteiger partial charge is 0.139 e. The van der Waals surface area contributed by atoms with Crippen LogP contribution in [0.25, 0.3) is 49.4 Å². The maximum Gasteiger partial charge on any atom is 0.139 e. The molecule has 0 spiro atoms. The molecule has 2 aromatic heterocycles. The van der Waals surface area contributed by atoms with Crippen LogP contribution in [-0.4, -0.2) is 4.57 Å². The normalized spacial score (nSPS) is 11.5. The molecular weight excluding hydrogens is 635 g/mol. The number of hydrogen-bond acceptors (Lipinski definition) is 3. The summed E-state index contributed by atoms with van der Waals surface area (Å²) in [5.74, 6) is 0. The molecule has 0 amide bonds. The van der Waals surface area contributed by atoms with E-state index >= 15 is 0 Å². The van der Waals surface area contributed by atoms with Gasteiger partial charge in [0.2, 0.25) is 0 Å². The number of anilines is 6. The van der Waals surface area contributed by atoms with E-state index in [2.05, 4.69) is 215 Å². The quantitative estimate of drug-likeness (QED) is 0.169. The van der Waals surface area contributed by atoms with Crippen LogP contribution in [0.5, 0.6) is 0 Å². The van der Waals surface area contributed by atoms with Crippen LogP contribution < -0.4 is 9.80 Å². The third-order valence-corrected chi connectivity index (χ3v) is 9.92. The van der Waals surface area contributed by atoms with Crippen molar-refractivity contribution in [1.82, 2.24) is 4.57 Å². The minimum Gasteiger partial charge on any atom is -0.456 e. The topological polar surface area (TPSA) is 24.6 Å². The van der Waals surface area contributed by atoms with Crippen LogP contribution in [-0.2, 0) is 0 Å². The van der Waals surface area contributed by atoms with E-state index in [4.69, 9.17) is 4.42 Å². The minimum absolute atomic E-state index is 0.823. The molecule has 246 valence electrons. The van der Waals surface area contributed by atoms with Crippen LogP contribution >= 0.6 is 0 Å². The number of hydrogen-bond donors (Lipinski definition) is 0. The Kier molecular flexibility index (Phi) is 7.10. The Balaban J connectivity index is 1.28. The van der Waals surface area contributed by atoms with Gasteiger partial charge in [-0.05, 0) is 78.9 Å². The number of nitrogens with zero attached hydrogens (tertiary/aromatic N) is 3. The van der Waals surface area contributed by atoms with Crippen LogP contribution in [0.4, 0.5) is 34.1 Å². The van der Waals surface area contributed by atoms with Crippen molar-refractivity contribution in [2.45, 2.75) is 0 Å². The maximum atomic E-state index is 6.97. The summed E-state index contributed by atoms with van der Waals surface area (Å²) in [5.41, 5.74) is 11.4. The summed E-state index contributed by atoms with van der Waals surface area (Å²) in [6.07, 6.45) is 0. The third kappa shape index (κ3) is 4.92. The largest absolute Gasteiger partial charge is 0.456 e. The molecule has 8 aromatic carbocycles. The number of rotatable bonds is 7. The lowest BCUT2D eigenvalue weighted by atomic mass is 10.1. The molecule has 2 heterocycles. The molecule has 0 bridgehead atoms. The molecule has 10 aromatic rings. The zero-order valence-corrected chi connectivity index (χ0v) is 28.3. The Labute approximate surface area is 301 Å². The predicted octanol–water partition coefficient (Wildman–Crippen LogP) is 13.6. The second-order valence-corrected chi connectivity index (χ2v) is 13.0. The molecule has 4 heteroatoms. The van der Waals surface area contributed by atoms with E-state index in [1.807, 2.05) is 0 Å². The van der Waals surface area contributed by atoms with Crippen LogP contribution in [0.1, 0.15) is 0 Å². The molecule has 10 rings (SSSR count). The van der Waals surface area contributed by atoms with Gasteiger partial charge in [-0.2, -0.15) is 0 Å². The van der Waals surface area contributed by atoms with Crippen LogP contribution in [0.2, 0.25) is 0 Å². The Morgan fingerprint density at radius 2 is 0.750 bits per heavy atom. The highest BCUT2D eigenvalue weighted by atomic mass is 16.3. The fraction of sp³-hybridized carbons (Fsp3) is 0. The van der Waals surface area contributed by atoms with E-state index in [1.54, 1.807) is 0 Å². The molecule has 0 aliphatic carbocycles. The highest BCUT2D eigenvalue weighted by Crippen LogP contribution is 2.45. The van der Waals surface area contributed by atoms with Crippen molar-refractivity contribution in [3.63, 3.8) is 0 Å². The van der Waals surface area contributed by atoms with Crippen molar-refractivity contribution >= 4 is 77.9 Å². The number of para-hydroxylation sites is 6. The summed E-state index contributed by atoms with van der Waals surface area (Å²) < 4.78 is 9.38. The maximum absolute atomic E-state index is 6.97. The zero-order chi connectivity index (χ0) is 34.4. The van der Waals surface area contributed by atoms with Gasteiger partial charge in [0.15, 0.2) is 0 Å². The third-order valence-electron chi connectivity index (χ3n) is 9.92. The molecule has 52 heavy (non-hydrogen) atoms. The van der Waals surface area contributed by atoms with Gasteiger partial charge in [0, 0.05) is 56.7 Å². The van der Waals surface area contributed by atoms with Crippen molar-refractivity contribution in [2.75, 3.05) is 9.80 Å². The number of fused-ring (bicyclic) bond motifs is 6. The summed E-state index contributed by atoms with van der Waals surface area (Å²) in [6, 6.07) is 70.6. The molecule has 0 atom stereocenters. The van der Waals surface area contributed by atoms with Gasteiger partial charge in [0.05, 0.1) is 27.8 Å². The Hall–Kier alpha value is -7.04. The van der Waals surface area contributed by atoms with Gasteiger partial charge in [0.1, 0.15) is 11.2 Å². The first kappa shape index (κ1) is 29.8. The number of aromatic nitrogens is 1. The lowest BCUT2D eigenvalue weighted by molar-refractivity contribution is 0.669. The lowest BCUT2D eigenvalue weighted by Gasteiger charge is -2.26. The van der Waals surface area contributed by atoms with Crippen molar-refractivity contribution in [3.8, 4) is 5.69 Å². The first-order valence-electron chi connectivity index (χ1n) is 17.6. The van der Waals surface area contributed by atoms with Gasteiger partial charge < -0.3 is 18.8 Å². The number of furan rings is 1. The highest BCUT2D eigenvalue weighted by molar-refractivity contribution is 6.15. The van der Waals surface area contributed by atoms with Gasteiger partial charge >= 0.3 is 0 Å². The molecule has 0 radical (unpaired) electrons. The predicted molar refractivity (Wildman–Crippen MR) is 217 cm³/mol. The minimum atomic E-state index is 0.823. The monoisotopic (exact) mass is 667 g/mol. The fourth-order valence-corrected chi connectivity index (χ4v) is 7.69. The fourth-order valence-electron chi connectivity index (χ4n) is 7.69. The van der Waals surface area contributed by atoms with Gasteiger partial charge in [-0.15, -0.1) is 0 Å². The van der Waals surface area contributed by atoms with E-state index in [9.17, 15) is 0 Å². The Morgan fingerprint density at radius 1 is 0.327 bits per heavy atom. The molecule has 4 nitrogen and oxygen atoms in total. The standard InChI is InChI=1S/C48H33N3O/c1-5-17-34(18-6-1)49(35-19-7-2-8-20-35)38-29-30-42-46(32-38)52-47-33-39(50(36-21-9-3-10-22-36)37-23-11-4-12-24-37)31-45(48(42)47)51-43-27-15-13-25-40(43)41-26-14-16-28-44(41)51/h1-33H. The summed E-state index contributed by atoms with van der Waals surface area (Å²) >= 11 is 0. The SMILES string of the molecule is c1ccc(N(c2ccccc2)c2ccc3c(c2)oc2cc(N(c4ccccc4)c4ccccc4)cc(-n4c5ccccc5c5ccccc54)c23)cc1. The second kappa shape index (κ2) is 12.4. The summed E-state index contributed by atoms with van der Waals surface area (Å²) in [6.45, 7) is 0. The van der Waals surface area contributed by atoms with Gasteiger partial charge in [0.25, 0.3) is 0 Å². The first-order valence-corrected chi connectivity index (χ1v) is 17.6. The Bertz CT molecular complexity index is 2710. The van der Waals surface area contributed by atoms with Gasteiger partial charge in [-0.25, -0.2) is 0 Å². The van der Waals surface area contributed by atoms with Gasteiger partial charge in [-0.3, -0.25) is 0 Å². The van der Waals surface area contributed by atoms with Crippen molar-refractivity contribution in [1.29, 1.82) is 0 Å². The first-order chi connectivity index (χ1) is 25.8. The van der Waals surface area contributed by atoms with Crippen LogP contribution in [0, 0.1) is 0 Å². The summed E-state index contributed by atoms with van der Waals surface area (Å²) in [7, 11) is 0. The number of benzene rings is 8. The molecular formula is C48H33N3O. The molecule has 0 saturated heterocycles. The van der Waals surface area contributed by atoms with E-state index in [0.29, 0.717) is 0 Å².